The lowest BCUT2D eigenvalue weighted by atomic mass is 9.94. The highest BCUT2D eigenvalue weighted by Gasteiger charge is 2.23. The van der Waals surface area contributed by atoms with Gasteiger partial charge < -0.3 is 16.3 Å². The van der Waals surface area contributed by atoms with Gasteiger partial charge in [-0.15, -0.1) is 0 Å². The molecule has 2 atom stereocenters. The van der Waals surface area contributed by atoms with Crippen molar-refractivity contribution in [1.82, 2.24) is 5.32 Å². The third-order valence-corrected chi connectivity index (χ3v) is 5.13. The molecule has 4 nitrogen and oxygen atoms in total. The van der Waals surface area contributed by atoms with Gasteiger partial charge in [-0.1, -0.05) is 42.3 Å². The number of nitrogens with one attached hydrogen (secondary N) is 1. The van der Waals surface area contributed by atoms with E-state index in [1.54, 1.807) is 0 Å². The van der Waals surface area contributed by atoms with Gasteiger partial charge in [0.25, 0.3) is 0 Å². The van der Waals surface area contributed by atoms with E-state index in [4.69, 9.17) is 10.9 Å². The molecule has 1 aromatic rings. The second-order valence-corrected chi connectivity index (χ2v) is 6.27. The minimum Gasteiger partial charge on any atom is -0.409 e. The van der Waals surface area contributed by atoms with Crippen LogP contribution in [0.5, 0.6) is 0 Å². The zero-order chi connectivity index (χ0) is 14.4. The summed E-state index contributed by atoms with van der Waals surface area (Å²) in [4.78, 5) is 0. The van der Waals surface area contributed by atoms with Gasteiger partial charge in [-0.2, -0.15) is 11.8 Å². The number of amidine groups is 1. The molecule has 0 aliphatic heterocycles. The number of rotatable bonds is 5. The molecule has 0 spiro atoms. The predicted octanol–water partition coefficient (Wildman–Crippen LogP) is 2.54. The van der Waals surface area contributed by atoms with Gasteiger partial charge in [-0.05, 0) is 24.7 Å². The van der Waals surface area contributed by atoms with Crippen LogP contribution in [-0.4, -0.2) is 28.6 Å². The van der Waals surface area contributed by atoms with Crippen molar-refractivity contribution in [2.75, 3.05) is 6.26 Å². The summed E-state index contributed by atoms with van der Waals surface area (Å²) in [7, 11) is 0. The molecular weight excluding hydrogens is 270 g/mol. The Morgan fingerprint density at radius 3 is 2.90 bits per heavy atom. The Hall–Kier alpha value is -1.20. The van der Waals surface area contributed by atoms with E-state index >= 15 is 0 Å². The van der Waals surface area contributed by atoms with Crippen LogP contribution in [-0.2, 0) is 6.54 Å². The van der Waals surface area contributed by atoms with E-state index in [1.807, 2.05) is 36.0 Å². The Morgan fingerprint density at radius 1 is 1.40 bits per heavy atom. The van der Waals surface area contributed by atoms with E-state index in [1.165, 1.54) is 25.7 Å². The van der Waals surface area contributed by atoms with Crippen molar-refractivity contribution in [2.45, 2.75) is 43.5 Å². The number of oxime groups is 1. The molecule has 1 aliphatic carbocycles. The number of hydrogen-bond acceptors (Lipinski definition) is 4. The van der Waals surface area contributed by atoms with Crippen molar-refractivity contribution in [3.05, 3.63) is 35.4 Å². The lowest BCUT2D eigenvalue weighted by Gasteiger charge is -2.31. The van der Waals surface area contributed by atoms with Gasteiger partial charge in [0.15, 0.2) is 5.84 Å². The van der Waals surface area contributed by atoms with Crippen LogP contribution in [0.25, 0.3) is 0 Å². The van der Waals surface area contributed by atoms with Crippen molar-refractivity contribution < 1.29 is 5.21 Å². The van der Waals surface area contributed by atoms with Crippen LogP contribution in [0.1, 0.15) is 36.8 Å². The summed E-state index contributed by atoms with van der Waals surface area (Å²) in [6.07, 6.45) is 7.36. The van der Waals surface area contributed by atoms with Gasteiger partial charge in [-0.25, -0.2) is 0 Å². The van der Waals surface area contributed by atoms with E-state index in [0.29, 0.717) is 11.3 Å². The standard InChI is InChI=1S/C15H23N3OS/c1-20-14-9-5-4-8-13(14)17-10-11-6-2-3-7-12(11)15(16)18-19/h2-3,6-7,13-14,17,19H,4-5,8-10H2,1H3,(H2,16,18). The summed E-state index contributed by atoms with van der Waals surface area (Å²) in [6, 6.07) is 8.36. The topological polar surface area (TPSA) is 70.6 Å². The molecule has 5 heteroatoms. The minimum absolute atomic E-state index is 0.174. The molecule has 0 bridgehead atoms. The highest BCUT2D eigenvalue weighted by atomic mass is 32.2. The van der Waals surface area contributed by atoms with Crippen LogP contribution in [0.2, 0.25) is 0 Å². The van der Waals surface area contributed by atoms with Crippen molar-refractivity contribution in [1.29, 1.82) is 0 Å². The lowest BCUT2D eigenvalue weighted by molar-refractivity contribution is 0.318. The van der Waals surface area contributed by atoms with E-state index in [0.717, 1.165) is 17.7 Å². The Morgan fingerprint density at radius 2 is 2.15 bits per heavy atom. The van der Waals surface area contributed by atoms with E-state index in [9.17, 15) is 0 Å². The van der Waals surface area contributed by atoms with E-state index < -0.39 is 0 Å². The van der Waals surface area contributed by atoms with E-state index in [-0.39, 0.29) is 5.84 Å². The SMILES string of the molecule is CSC1CCCCC1NCc1ccccc1/C(N)=N/O. The van der Waals surface area contributed by atoms with Crippen molar-refractivity contribution in [3.63, 3.8) is 0 Å². The maximum absolute atomic E-state index is 8.85. The van der Waals surface area contributed by atoms with Crippen molar-refractivity contribution in [2.24, 2.45) is 10.9 Å². The largest absolute Gasteiger partial charge is 0.409 e. The van der Waals surface area contributed by atoms with Crippen LogP contribution >= 0.6 is 11.8 Å². The molecule has 0 radical (unpaired) electrons. The van der Waals surface area contributed by atoms with Crippen LogP contribution in [0, 0.1) is 0 Å². The molecule has 2 unspecified atom stereocenters. The molecule has 0 amide bonds. The van der Waals surface area contributed by atoms with Gasteiger partial charge in [-0.3, -0.25) is 0 Å². The normalized spacial score (nSPS) is 23.8. The maximum atomic E-state index is 8.85. The monoisotopic (exact) mass is 293 g/mol. The Labute approximate surface area is 124 Å². The summed E-state index contributed by atoms with van der Waals surface area (Å²) >= 11 is 1.95. The van der Waals surface area contributed by atoms with Crippen LogP contribution in [0.4, 0.5) is 0 Å². The summed E-state index contributed by atoms with van der Waals surface area (Å²) < 4.78 is 0. The lowest BCUT2D eigenvalue weighted by Crippen LogP contribution is -2.40. The molecule has 0 saturated heterocycles. The molecule has 0 aromatic heterocycles. The number of benzene rings is 1. The Balaban J connectivity index is 2.03. The summed E-state index contributed by atoms with van der Waals surface area (Å²) in [5, 5.41) is 16.3. The van der Waals surface area contributed by atoms with Gasteiger partial charge in [0, 0.05) is 23.4 Å². The smallest absolute Gasteiger partial charge is 0.170 e. The van der Waals surface area contributed by atoms with Gasteiger partial charge in [0.1, 0.15) is 0 Å². The molecule has 1 aromatic carbocycles. The predicted molar refractivity (Wildman–Crippen MR) is 85.4 cm³/mol. The number of thioether (sulfide) groups is 1. The van der Waals surface area contributed by atoms with Crippen LogP contribution in [0.3, 0.4) is 0 Å². The first-order valence-corrected chi connectivity index (χ1v) is 8.37. The molecular formula is C15H23N3OS. The highest BCUT2D eigenvalue weighted by molar-refractivity contribution is 7.99. The zero-order valence-corrected chi connectivity index (χ0v) is 12.7. The summed E-state index contributed by atoms with van der Waals surface area (Å²) in [5.41, 5.74) is 7.61. The highest BCUT2D eigenvalue weighted by Crippen LogP contribution is 2.27. The fraction of sp³-hybridized carbons (Fsp3) is 0.533. The second kappa shape index (κ2) is 7.55. The van der Waals surface area contributed by atoms with Gasteiger partial charge in [0.05, 0.1) is 0 Å². The summed E-state index contributed by atoms with van der Waals surface area (Å²) in [5.74, 6) is 0.174. The molecule has 4 N–H and O–H groups in total. The van der Waals surface area contributed by atoms with E-state index in [2.05, 4.69) is 16.7 Å². The van der Waals surface area contributed by atoms with Gasteiger partial charge >= 0.3 is 0 Å². The number of hydrogen-bond donors (Lipinski definition) is 3. The molecule has 1 saturated carbocycles. The zero-order valence-electron chi connectivity index (χ0n) is 11.9. The first-order valence-electron chi connectivity index (χ1n) is 7.08. The third kappa shape index (κ3) is 3.67. The maximum Gasteiger partial charge on any atom is 0.170 e. The van der Waals surface area contributed by atoms with Gasteiger partial charge in [0.2, 0.25) is 0 Å². The molecule has 0 heterocycles. The molecule has 2 rings (SSSR count). The Bertz CT molecular complexity index is 464. The summed E-state index contributed by atoms with van der Waals surface area (Å²) in [6.45, 7) is 0.758. The number of nitrogens with two attached hydrogens (primary N) is 1. The Kier molecular flexibility index (Phi) is 5.73. The first-order chi connectivity index (χ1) is 9.76. The third-order valence-electron chi connectivity index (χ3n) is 3.96. The molecule has 110 valence electrons. The first kappa shape index (κ1) is 15.2. The fourth-order valence-electron chi connectivity index (χ4n) is 2.83. The average Bonchev–Trinajstić information content (AvgIpc) is 2.52. The molecule has 1 aliphatic rings. The quantitative estimate of drug-likeness (QED) is 0.338. The molecule has 20 heavy (non-hydrogen) atoms. The second-order valence-electron chi connectivity index (χ2n) is 5.19. The average molecular weight is 293 g/mol. The number of nitrogens with zero attached hydrogens (tertiary/aromatic N) is 1. The van der Waals surface area contributed by atoms with Crippen molar-refractivity contribution in [3.8, 4) is 0 Å². The molecule has 1 fully saturated rings. The fourth-order valence-corrected chi connectivity index (χ4v) is 3.79. The van der Waals surface area contributed by atoms with Crippen LogP contribution < -0.4 is 11.1 Å². The van der Waals surface area contributed by atoms with Crippen molar-refractivity contribution >= 4 is 17.6 Å². The van der Waals surface area contributed by atoms with Crippen LogP contribution in [0.15, 0.2) is 29.4 Å². The minimum atomic E-state index is 0.174.